The number of rotatable bonds is 3. The largest absolute Gasteiger partial charge is 0.469 e. The molecule has 0 fully saturated rings. The number of carbonyl (C=O) groups is 1. The Morgan fingerprint density at radius 1 is 1.60 bits per heavy atom. The Labute approximate surface area is 63.6 Å². The molecule has 0 aromatic heterocycles. The molecule has 0 aliphatic rings. The predicted octanol–water partition coefficient (Wildman–Crippen LogP) is 0.894. The molecule has 0 saturated carbocycles. The van der Waals surface area contributed by atoms with E-state index < -0.39 is 0 Å². The van der Waals surface area contributed by atoms with Gasteiger partial charge in [0.15, 0.2) is 0 Å². The van der Waals surface area contributed by atoms with Crippen molar-refractivity contribution >= 4 is 23.5 Å². The topological polar surface area (TPSA) is 43.4 Å². The van der Waals surface area contributed by atoms with Crippen LogP contribution in [0.25, 0.3) is 0 Å². The molecule has 0 saturated heterocycles. The van der Waals surface area contributed by atoms with Crippen molar-refractivity contribution in [3.63, 3.8) is 0 Å². The van der Waals surface area contributed by atoms with E-state index in [0.717, 1.165) is 0 Å². The summed E-state index contributed by atoms with van der Waals surface area (Å²) in [6, 6.07) is 0. The van der Waals surface area contributed by atoms with Crippen LogP contribution in [0.1, 0.15) is 12.8 Å². The Bertz CT molecular complexity index is 170. The van der Waals surface area contributed by atoms with Gasteiger partial charge in [-0.1, -0.05) is 11.6 Å². The standard InChI is InChI=1S/C6H7ClO3/c1-10-6(9)3-2-5(7)4-8/h2-3H2,1H3. The van der Waals surface area contributed by atoms with Crippen LogP contribution in [-0.4, -0.2) is 19.0 Å². The summed E-state index contributed by atoms with van der Waals surface area (Å²) in [4.78, 5) is 20.2. The number of halogens is 1. The van der Waals surface area contributed by atoms with Gasteiger partial charge in [0.2, 0.25) is 0 Å². The zero-order chi connectivity index (χ0) is 7.98. The molecule has 0 rings (SSSR count). The van der Waals surface area contributed by atoms with Gasteiger partial charge in [0, 0.05) is 6.42 Å². The maximum Gasteiger partial charge on any atom is 0.305 e. The van der Waals surface area contributed by atoms with Crippen LogP contribution >= 0.6 is 11.6 Å². The average Bonchev–Trinajstić information content (AvgIpc) is 1.99. The van der Waals surface area contributed by atoms with Crippen molar-refractivity contribution in [3.05, 3.63) is 5.03 Å². The normalized spacial score (nSPS) is 8.20. The van der Waals surface area contributed by atoms with E-state index in [0.29, 0.717) is 0 Å². The molecule has 0 aliphatic carbocycles. The minimum absolute atomic E-state index is 0.0189. The lowest BCUT2D eigenvalue weighted by Crippen LogP contribution is -1.99. The molecule has 0 unspecified atom stereocenters. The highest BCUT2D eigenvalue weighted by molar-refractivity contribution is 6.33. The highest BCUT2D eigenvalue weighted by Gasteiger charge is 2.01. The van der Waals surface area contributed by atoms with Crippen LogP contribution in [0.2, 0.25) is 0 Å². The quantitative estimate of drug-likeness (QED) is 0.457. The Kier molecular flexibility index (Phi) is 4.63. The Hall–Kier alpha value is -0.790. The van der Waals surface area contributed by atoms with Gasteiger partial charge in [0.1, 0.15) is 11.0 Å². The van der Waals surface area contributed by atoms with E-state index in [1.165, 1.54) is 13.1 Å². The van der Waals surface area contributed by atoms with Crippen molar-refractivity contribution in [3.8, 4) is 0 Å². The van der Waals surface area contributed by atoms with Crippen LogP contribution in [0, 0.1) is 0 Å². The van der Waals surface area contributed by atoms with Gasteiger partial charge in [0.25, 0.3) is 0 Å². The first-order valence-corrected chi connectivity index (χ1v) is 3.04. The maximum absolute atomic E-state index is 10.4. The van der Waals surface area contributed by atoms with Gasteiger partial charge in [-0.2, -0.15) is 0 Å². The molecule has 0 heterocycles. The molecule has 4 heteroatoms. The predicted molar refractivity (Wildman–Crippen MR) is 36.3 cm³/mol. The monoisotopic (exact) mass is 162 g/mol. The second kappa shape index (κ2) is 5.03. The highest BCUT2D eigenvalue weighted by atomic mass is 35.5. The first kappa shape index (κ1) is 9.21. The van der Waals surface area contributed by atoms with E-state index in [2.05, 4.69) is 4.74 Å². The Morgan fingerprint density at radius 2 is 2.20 bits per heavy atom. The average molecular weight is 163 g/mol. The van der Waals surface area contributed by atoms with Gasteiger partial charge >= 0.3 is 5.97 Å². The summed E-state index contributed by atoms with van der Waals surface area (Å²) in [5, 5.41) is 0.0189. The second-order valence-electron chi connectivity index (χ2n) is 1.58. The van der Waals surface area contributed by atoms with E-state index in [1.54, 1.807) is 0 Å². The molecule has 56 valence electrons. The van der Waals surface area contributed by atoms with Crippen LogP contribution < -0.4 is 0 Å². The zero-order valence-electron chi connectivity index (χ0n) is 5.52. The van der Waals surface area contributed by atoms with Gasteiger partial charge in [-0.3, -0.25) is 4.79 Å². The first-order valence-electron chi connectivity index (χ1n) is 2.67. The summed E-state index contributed by atoms with van der Waals surface area (Å²) >= 11 is 5.25. The van der Waals surface area contributed by atoms with Crippen molar-refractivity contribution in [1.82, 2.24) is 0 Å². The molecule has 0 radical (unpaired) electrons. The molecular formula is C6H7ClO3. The fourth-order valence-electron chi connectivity index (χ4n) is 0.365. The lowest BCUT2D eigenvalue weighted by Gasteiger charge is -1.93. The fraction of sp³-hybridized carbons (Fsp3) is 0.500. The van der Waals surface area contributed by atoms with E-state index >= 15 is 0 Å². The third kappa shape index (κ3) is 4.13. The number of carbonyl (C=O) groups excluding carboxylic acids is 2. The molecule has 10 heavy (non-hydrogen) atoms. The third-order valence-corrected chi connectivity index (χ3v) is 1.15. The lowest BCUT2D eigenvalue weighted by molar-refractivity contribution is -0.140. The van der Waals surface area contributed by atoms with Gasteiger partial charge in [0.05, 0.1) is 13.5 Å². The van der Waals surface area contributed by atoms with Crippen LogP contribution in [0.5, 0.6) is 0 Å². The number of ether oxygens (including phenoxy) is 1. The van der Waals surface area contributed by atoms with Crippen molar-refractivity contribution in [1.29, 1.82) is 0 Å². The van der Waals surface area contributed by atoms with Crippen molar-refractivity contribution in [2.24, 2.45) is 0 Å². The molecule has 0 spiro atoms. The summed E-state index contributed by atoms with van der Waals surface area (Å²) < 4.78 is 4.30. The van der Waals surface area contributed by atoms with Gasteiger partial charge in [-0.05, 0) is 0 Å². The molecule has 0 aromatic carbocycles. The van der Waals surface area contributed by atoms with Crippen LogP contribution in [0.3, 0.4) is 0 Å². The smallest absolute Gasteiger partial charge is 0.305 e. The minimum Gasteiger partial charge on any atom is -0.469 e. The second-order valence-corrected chi connectivity index (χ2v) is 2.04. The molecule has 0 atom stereocenters. The molecule has 0 N–H and O–H groups in total. The van der Waals surface area contributed by atoms with Crippen molar-refractivity contribution in [2.75, 3.05) is 7.11 Å². The van der Waals surface area contributed by atoms with E-state index in [9.17, 15) is 9.59 Å². The van der Waals surface area contributed by atoms with Crippen LogP contribution in [-0.2, 0) is 14.3 Å². The van der Waals surface area contributed by atoms with Gasteiger partial charge < -0.3 is 4.74 Å². The summed E-state index contributed by atoms with van der Waals surface area (Å²) in [6.07, 6.45) is 0.336. The first-order chi connectivity index (χ1) is 4.70. The Balaban J connectivity index is 3.55. The molecule has 0 aromatic rings. The number of allylic oxidation sites excluding steroid dienone is 1. The highest BCUT2D eigenvalue weighted by Crippen LogP contribution is 2.05. The van der Waals surface area contributed by atoms with Crippen molar-refractivity contribution in [2.45, 2.75) is 12.8 Å². The third-order valence-electron chi connectivity index (χ3n) is 0.887. The maximum atomic E-state index is 10.4. The van der Waals surface area contributed by atoms with Crippen molar-refractivity contribution < 1.29 is 14.3 Å². The summed E-state index contributed by atoms with van der Waals surface area (Å²) in [6.45, 7) is 0. The minimum atomic E-state index is -0.381. The van der Waals surface area contributed by atoms with Gasteiger partial charge in [-0.15, -0.1) is 0 Å². The van der Waals surface area contributed by atoms with E-state index in [1.807, 2.05) is 0 Å². The summed E-state index contributed by atoms with van der Waals surface area (Å²) in [5.41, 5.74) is 0. The SMILES string of the molecule is COC(=O)CCC(Cl)=C=O. The van der Waals surface area contributed by atoms with E-state index in [4.69, 9.17) is 11.6 Å². The zero-order valence-corrected chi connectivity index (χ0v) is 6.27. The molecule has 3 nitrogen and oxygen atoms in total. The van der Waals surface area contributed by atoms with Gasteiger partial charge in [-0.25, -0.2) is 4.79 Å². The number of hydrogen-bond acceptors (Lipinski definition) is 3. The van der Waals surface area contributed by atoms with Crippen LogP contribution in [0.4, 0.5) is 0 Å². The fourth-order valence-corrected chi connectivity index (χ4v) is 0.459. The van der Waals surface area contributed by atoms with E-state index in [-0.39, 0.29) is 23.8 Å². The summed E-state index contributed by atoms with van der Waals surface area (Å²) in [5.74, 6) is 1.09. The van der Waals surface area contributed by atoms with Crippen LogP contribution in [0.15, 0.2) is 5.03 Å². The lowest BCUT2D eigenvalue weighted by atomic mass is 10.3. The number of methoxy groups -OCH3 is 1. The molecule has 0 bridgehead atoms. The number of esters is 1. The molecular weight excluding hydrogens is 156 g/mol. The molecule has 0 amide bonds. The Morgan fingerprint density at radius 3 is 2.60 bits per heavy atom. The molecule has 0 aliphatic heterocycles. The summed E-state index contributed by atoms with van der Waals surface area (Å²) in [7, 11) is 1.28. The number of hydrogen-bond donors (Lipinski definition) is 0.